The number of rotatable bonds is 6. The molecule has 1 atom stereocenters. The third-order valence-electron chi connectivity index (χ3n) is 7.15. The van der Waals surface area contributed by atoms with Gasteiger partial charge >= 0.3 is 5.97 Å². The van der Waals surface area contributed by atoms with Gasteiger partial charge in [0.1, 0.15) is 5.00 Å². The number of benzene rings is 2. The first-order chi connectivity index (χ1) is 15.8. The van der Waals surface area contributed by atoms with E-state index in [2.05, 4.69) is 26.1 Å². The number of esters is 1. The number of ether oxygens (including phenoxy) is 1. The Morgan fingerprint density at radius 3 is 2.36 bits per heavy atom. The molecule has 1 aliphatic rings. The fraction of sp³-hybridized carbons (Fsp3) is 0.357. The Labute approximate surface area is 200 Å². The molecule has 0 radical (unpaired) electrons. The van der Waals surface area contributed by atoms with Gasteiger partial charge in [-0.05, 0) is 59.4 Å². The van der Waals surface area contributed by atoms with Crippen LogP contribution < -0.4 is 5.32 Å². The Hall–Kier alpha value is -2.92. The van der Waals surface area contributed by atoms with Crippen LogP contribution in [0.3, 0.4) is 0 Å². The summed E-state index contributed by atoms with van der Waals surface area (Å²) < 4.78 is 5.09. The van der Waals surface area contributed by atoms with Crippen LogP contribution in [0.2, 0.25) is 0 Å². The summed E-state index contributed by atoms with van der Waals surface area (Å²) in [5.74, 6) is -0.0348. The van der Waals surface area contributed by atoms with Crippen LogP contribution >= 0.6 is 11.3 Å². The maximum Gasteiger partial charge on any atom is 0.341 e. The summed E-state index contributed by atoms with van der Waals surface area (Å²) in [6.07, 6.45) is 3.94. The van der Waals surface area contributed by atoms with E-state index in [1.54, 1.807) is 0 Å². The number of thiophene rings is 1. The largest absolute Gasteiger partial charge is 0.465 e. The molecule has 172 valence electrons. The number of methoxy groups -OCH3 is 1. The molecular formula is C28H31NO3S. The van der Waals surface area contributed by atoms with Gasteiger partial charge in [0.2, 0.25) is 0 Å². The zero-order valence-corrected chi connectivity index (χ0v) is 20.6. The molecule has 0 fully saturated rings. The first-order valence-electron chi connectivity index (χ1n) is 11.5. The van der Waals surface area contributed by atoms with Gasteiger partial charge in [0.25, 0.3) is 5.91 Å². The predicted molar refractivity (Wildman–Crippen MR) is 135 cm³/mol. The van der Waals surface area contributed by atoms with Gasteiger partial charge in [0.05, 0.1) is 12.7 Å². The van der Waals surface area contributed by atoms with Crippen molar-refractivity contribution in [3.05, 3.63) is 76.2 Å². The minimum atomic E-state index is -0.379. The summed E-state index contributed by atoms with van der Waals surface area (Å²) >= 11 is 1.53. The quantitative estimate of drug-likeness (QED) is 0.402. The highest BCUT2D eigenvalue weighted by Crippen LogP contribution is 2.45. The molecule has 0 aliphatic heterocycles. The summed E-state index contributed by atoms with van der Waals surface area (Å²) in [5.41, 5.74) is 4.54. The van der Waals surface area contributed by atoms with Crippen LogP contribution in [0.4, 0.5) is 5.00 Å². The van der Waals surface area contributed by atoms with Crippen molar-refractivity contribution in [1.29, 1.82) is 0 Å². The van der Waals surface area contributed by atoms with Gasteiger partial charge in [0.15, 0.2) is 0 Å². The number of anilines is 1. The lowest BCUT2D eigenvalue weighted by Gasteiger charge is -2.36. The third kappa shape index (κ3) is 4.74. The van der Waals surface area contributed by atoms with Gasteiger partial charge in [-0.2, -0.15) is 0 Å². The first kappa shape index (κ1) is 23.2. The fourth-order valence-electron chi connectivity index (χ4n) is 4.57. The second-order valence-electron chi connectivity index (χ2n) is 9.38. The van der Waals surface area contributed by atoms with Crippen LogP contribution in [0.25, 0.3) is 11.1 Å². The average molecular weight is 462 g/mol. The van der Waals surface area contributed by atoms with Crippen molar-refractivity contribution < 1.29 is 14.3 Å². The highest BCUT2D eigenvalue weighted by atomic mass is 32.1. The zero-order chi connectivity index (χ0) is 23.6. The molecule has 4 nitrogen and oxygen atoms in total. The number of fused-ring (bicyclic) bond motifs is 1. The van der Waals surface area contributed by atoms with Crippen LogP contribution in [-0.2, 0) is 17.6 Å². The lowest BCUT2D eigenvalue weighted by Crippen LogP contribution is -2.28. The molecule has 0 bridgehead atoms. The first-order valence-corrected chi connectivity index (χ1v) is 12.4. The van der Waals surface area contributed by atoms with E-state index in [0.29, 0.717) is 22.0 Å². The summed E-state index contributed by atoms with van der Waals surface area (Å²) in [7, 11) is 1.39. The van der Waals surface area contributed by atoms with Crippen LogP contribution in [0, 0.1) is 11.3 Å². The van der Waals surface area contributed by atoms with Crippen molar-refractivity contribution in [3.8, 4) is 11.1 Å². The Morgan fingerprint density at radius 2 is 1.73 bits per heavy atom. The summed E-state index contributed by atoms with van der Waals surface area (Å²) in [5, 5.41) is 3.60. The van der Waals surface area contributed by atoms with Crippen LogP contribution in [0.1, 0.15) is 64.8 Å². The highest BCUT2D eigenvalue weighted by molar-refractivity contribution is 7.17. The van der Waals surface area contributed by atoms with Crippen molar-refractivity contribution in [2.75, 3.05) is 12.4 Å². The van der Waals surface area contributed by atoms with E-state index >= 15 is 0 Å². The molecule has 1 amide bonds. The zero-order valence-electron chi connectivity index (χ0n) is 19.7. The van der Waals surface area contributed by atoms with Crippen molar-refractivity contribution in [2.45, 2.75) is 46.5 Å². The minimum absolute atomic E-state index is 0.219. The summed E-state index contributed by atoms with van der Waals surface area (Å²) in [6.45, 7) is 6.87. The lowest BCUT2D eigenvalue weighted by atomic mass is 9.69. The molecule has 0 spiro atoms. The van der Waals surface area contributed by atoms with Crippen molar-refractivity contribution in [2.24, 2.45) is 11.3 Å². The molecule has 5 heteroatoms. The van der Waals surface area contributed by atoms with E-state index in [-0.39, 0.29) is 17.3 Å². The molecule has 2 aromatic carbocycles. The molecular weight excluding hydrogens is 430 g/mol. The van der Waals surface area contributed by atoms with Gasteiger partial charge < -0.3 is 10.1 Å². The van der Waals surface area contributed by atoms with E-state index in [0.717, 1.165) is 42.4 Å². The SMILES string of the molecule is CCC(C)(C)C1CCc2c(sc(NC(=O)c3ccc(-c4ccccc4)cc3)c2C(=O)OC)C1. The maximum absolute atomic E-state index is 13.1. The summed E-state index contributed by atoms with van der Waals surface area (Å²) in [4.78, 5) is 26.9. The van der Waals surface area contributed by atoms with E-state index in [9.17, 15) is 9.59 Å². The minimum Gasteiger partial charge on any atom is -0.465 e. The highest BCUT2D eigenvalue weighted by Gasteiger charge is 2.35. The topological polar surface area (TPSA) is 55.4 Å². The predicted octanol–water partition coefficient (Wildman–Crippen LogP) is 7.00. The monoisotopic (exact) mass is 461 g/mol. The number of nitrogens with one attached hydrogen (secondary N) is 1. The fourth-order valence-corrected chi connectivity index (χ4v) is 5.88. The molecule has 1 aliphatic carbocycles. The maximum atomic E-state index is 13.1. The smallest absolute Gasteiger partial charge is 0.341 e. The van der Waals surface area contributed by atoms with Crippen LogP contribution in [0.5, 0.6) is 0 Å². The Morgan fingerprint density at radius 1 is 1.06 bits per heavy atom. The summed E-state index contributed by atoms with van der Waals surface area (Å²) in [6, 6.07) is 17.6. The number of amides is 1. The molecule has 0 saturated heterocycles. The van der Waals surface area contributed by atoms with Crippen molar-refractivity contribution >= 4 is 28.2 Å². The Kier molecular flexibility index (Phi) is 6.71. The molecule has 1 N–H and O–H groups in total. The van der Waals surface area contributed by atoms with Gasteiger partial charge in [-0.15, -0.1) is 11.3 Å². The second-order valence-corrected chi connectivity index (χ2v) is 10.5. The van der Waals surface area contributed by atoms with Crippen LogP contribution in [-0.4, -0.2) is 19.0 Å². The molecule has 33 heavy (non-hydrogen) atoms. The molecule has 0 saturated carbocycles. The third-order valence-corrected chi connectivity index (χ3v) is 8.32. The molecule has 1 aromatic heterocycles. The van der Waals surface area contributed by atoms with E-state index < -0.39 is 0 Å². The van der Waals surface area contributed by atoms with E-state index in [1.807, 2.05) is 54.6 Å². The van der Waals surface area contributed by atoms with Gasteiger partial charge in [-0.25, -0.2) is 4.79 Å². The number of carbonyl (C=O) groups excluding carboxylic acids is 2. The van der Waals surface area contributed by atoms with Gasteiger partial charge in [-0.3, -0.25) is 4.79 Å². The standard InChI is InChI=1S/C28H31NO3S/c1-5-28(2,3)21-15-16-22-23(17-21)33-26(24(22)27(31)32-4)29-25(30)20-13-11-19(12-14-20)18-9-7-6-8-10-18/h6-14,21H,5,15-17H2,1-4H3,(H,29,30). The van der Waals surface area contributed by atoms with Crippen LogP contribution in [0.15, 0.2) is 54.6 Å². The lowest BCUT2D eigenvalue weighted by molar-refractivity contribution is 0.0600. The molecule has 1 heterocycles. The number of hydrogen-bond donors (Lipinski definition) is 1. The van der Waals surface area contributed by atoms with E-state index in [4.69, 9.17) is 4.74 Å². The molecule has 1 unspecified atom stereocenters. The van der Waals surface area contributed by atoms with E-state index in [1.165, 1.54) is 23.3 Å². The average Bonchev–Trinajstić information content (AvgIpc) is 3.21. The van der Waals surface area contributed by atoms with Gasteiger partial charge in [-0.1, -0.05) is 69.7 Å². The van der Waals surface area contributed by atoms with Crippen molar-refractivity contribution in [1.82, 2.24) is 0 Å². The normalized spacial score (nSPS) is 15.6. The number of carbonyl (C=O) groups is 2. The van der Waals surface area contributed by atoms with Crippen molar-refractivity contribution in [3.63, 3.8) is 0 Å². The second kappa shape index (κ2) is 9.52. The Bertz CT molecular complexity index is 1150. The Balaban J connectivity index is 1.59. The number of hydrogen-bond acceptors (Lipinski definition) is 4. The molecule has 4 rings (SSSR count). The van der Waals surface area contributed by atoms with Gasteiger partial charge in [0, 0.05) is 10.4 Å². The molecule has 3 aromatic rings.